The molecule has 0 spiro atoms. The summed E-state index contributed by atoms with van der Waals surface area (Å²) < 4.78 is 12.9. The van der Waals surface area contributed by atoms with Crippen molar-refractivity contribution in [2.75, 3.05) is 7.05 Å². The highest BCUT2D eigenvalue weighted by Gasteiger charge is 2.37. The van der Waals surface area contributed by atoms with Crippen LogP contribution in [0.5, 0.6) is 0 Å². The van der Waals surface area contributed by atoms with Gasteiger partial charge in [0.05, 0.1) is 0 Å². The van der Waals surface area contributed by atoms with Gasteiger partial charge in [-0.2, -0.15) is 0 Å². The molecular formula is C20H20FNO. The summed E-state index contributed by atoms with van der Waals surface area (Å²) in [7, 11) is 1.88. The number of benzene rings is 2. The van der Waals surface area contributed by atoms with Crippen molar-refractivity contribution < 1.29 is 9.18 Å². The number of nitrogens with zero attached hydrogens (tertiary/aromatic N) is 1. The van der Waals surface area contributed by atoms with Crippen molar-refractivity contribution in [2.45, 2.75) is 24.8 Å². The van der Waals surface area contributed by atoms with E-state index in [-0.39, 0.29) is 23.7 Å². The number of hydrogen-bond donors (Lipinski definition) is 0. The second kappa shape index (κ2) is 6.78. The fourth-order valence-electron chi connectivity index (χ4n) is 3.20. The van der Waals surface area contributed by atoms with Crippen molar-refractivity contribution in [1.82, 2.24) is 4.90 Å². The van der Waals surface area contributed by atoms with Gasteiger partial charge < -0.3 is 4.90 Å². The lowest BCUT2D eigenvalue weighted by molar-refractivity contribution is -0.127. The molecule has 118 valence electrons. The number of carbonyl (C=O) groups excluding carboxylic acids is 1. The monoisotopic (exact) mass is 309 g/mol. The molecule has 23 heavy (non-hydrogen) atoms. The Morgan fingerprint density at radius 1 is 1.13 bits per heavy atom. The molecule has 0 radical (unpaired) electrons. The van der Waals surface area contributed by atoms with Crippen LogP contribution in [-0.2, 0) is 4.79 Å². The van der Waals surface area contributed by atoms with E-state index in [0.29, 0.717) is 6.42 Å². The fourth-order valence-corrected chi connectivity index (χ4v) is 3.20. The summed E-state index contributed by atoms with van der Waals surface area (Å²) in [6, 6.07) is 16.8. The first-order chi connectivity index (χ1) is 11.1. The minimum atomic E-state index is -0.229. The van der Waals surface area contributed by atoms with Crippen LogP contribution in [0, 0.1) is 5.82 Å². The standard InChI is InChI=1S/C20H20FNO/c1-22-19(9-5-6-15-10-12-17(21)13-11-15)18(14-20(22)23)16-7-3-2-4-8-16/h2-8,10-13,18-19H,9,14H2,1H3/b6-5+. The van der Waals surface area contributed by atoms with E-state index >= 15 is 0 Å². The first kappa shape index (κ1) is 15.5. The van der Waals surface area contributed by atoms with E-state index in [1.165, 1.54) is 17.7 Å². The molecule has 1 amide bonds. The Kier molecular flexibility index (Phi) is 4.56. The zero-order valence-corrected chi connectivity index (χ0v) is 13.2. The Bertz CT molecular complexity index is 693. The molecule has 1 heterocycles. The number of carbonyl (C=O) groups is 1. The molecule has 1 aliphatic heterocycles. The third kappa shape index (κ3) is 3.50. The van der Waals surface area contributed by atoms with Crippen molar-refractivity contribution in [2.24, 2.45) is 0 Å². The van der Waals surface area contributed by atoms with Crippen LogP contribution in [0.2, 0.25) is 0 Å². The Labute approximate surface area is 136 Å². The van der Waals surface area contributed by atoms with Crippen molar-refractivity contribution in [3.8, 4) is 0 Å². The maximum atomic E-state index is 12.9. The molecule has 0 aromatic heterocycles. The Hall–Kier alpha value is -2.42. The fraction of sp³-hybridized carbons (Fsp3) is 0.250. The number of halogens is 1. The van der Waals surface area contributed by atoms with Crippen molar-refractivity contribution in [1.29, 1.82) is 0 Å². The van der Waals surface area contributed by atoms with Crippen LogP contribution in [0.4, 0.5) is 4.39 Å². The number of likely N-dealkylation sites (tertiary alicyclic amines) is 1. The van der Waals surface area contributed by atoms with Gasteiger partial charge in [0.15, 0.2) is 0 Å². The first-order valence-corrected chi connectivity index (χ1v) is 7.88. The summed E-state index contributed by atoms with van der Waals surface area (Å²) in [6.45, 7) is 0. The van der Waals surface area contributed by atoms with Gasteiger partial charge in [0.1, 0.15) is 5.82 Å². The number of amides is 1. The minimum Gasteiger partial charge on any atom is -0.342 e. The number of rotatable bonds is 4. The average molecular weight is 309 g/mol. The Morgan fingerprint density at radius 3 is 2.52 bits per heavy atom. The molecule has 2 aromatic rings. The molecule has 2 atom stereocenters. The molecule has 2 unspecified atom stereocenters. The molecule has 1 saturated heterocycles. The van der Waals surface area contributed by atoms with Crippen molar-refractivity contribution >= 4 is 12.0 Å². The van der Waals surface area contributed by atoms with Crippen LogP contribution < -0.4 is 0 Å². The maximum Gasteiger partial charge on any atom is 0.223 e. The van der Waals surface area contributed by atoms with E-state index in [1.807, 2.05) is 36.2 Å². The lowest BCUT2D eigenvalue weighted by Gasteiger charge is -2.24. The maximum absolute atomic E-state index is 12.9. The molecule has 1 fully saturated rings. The molecular weight excluding hydrogens is 289 g/mol. The third-order valence-electron chi connectivity index (χ3n) is 4.54. The van der Waals surface area contributed by atoms with Crippen LogP contribution in [0.1, 0.15) is 29.9 Å². The zero-order chi connectivity index (χ0) is 16.2. The molecule has 0 N–H and O–H groups in total. The quantitative estimate of drug-likeness (QED) is 0.827. The predicted octanol–water partition coefficient (Wildman–Crippen LogP) is 4.24. The van der Waals surface area contributed by atoms with E-state index in [1.54, 1.807) is 12.1 Å². The smallest absolute Gasteiger partial charge is 0.223 e. The third-order valence-corrected chi connectivity index (χ3v) is 4.54. The molecule has 0 bridgehead atoms. The molecule has 2 nitrogen and oxygen atoms in total. The van der Waals surface area contributed by atoms with Gasteiger partial charge in [0, 0.05) is 25.4 Å². The second-order valence-corrected chi connectivity index (χ2v) is 5.98. The molecule has 3 heteroatoms. The highest BCUT2D eigenvalue weighted by molar-refractivity contribution is 5.80. The number of hydrogen-bond acceptors (Lipinski definition) is 1. The average Bonchev–Trinajstić information content (AvgIpc) is 2.86. The van der Waals surface area contributed by atoms with Crippen LogP contribution in [-0.4, -0.2) is 23.9 Å². The molecule has 2 aromatic carbocycles. The summed E-state index contributed by atoms with van der Waals surface area (Å²) in [4.78, 5) is 14.0. The molecule has 0 saturated carbocycles. The Balaban J connectivity index is 1.73. The summed E-state index contributed by atoms with van der Waals surface area (Å²) in [6.07, 6.45) is 5.41. The van der Waals surface area contributed by atoms with Gasteiger partial charge in [-0.15, -0.1) is 0 Å². The van der Waals surface area contributed by atoms with Gasteiger partial charge in [0.2, 0.25) is 5.91 Å². The normalized spacial score (nSPS) is 21.3. The van der Waals surface area contributed by atoms with E-state index in [0.717, 1.165) is 12.0 Å². The predicted molar refractivity (Wildman–Crippen MR) is 90.4 cm³/mol. The van der Waals surface area contributed by atoms with Crippen LogP contribution >= 0.6 is 0 Å². The first-order valence-electron chi connectivity index (χ1n) is 7.88. The summed E-state index contributed by atoms with van der Waals surface area (Å²) in [5, 5.41) is 0. The minimum absolute atomic E-state index is 0.168. The summed E-state index contributed by atoms with van der Waals surface area (Å²) >= 11 is 0. The largest absolute Gasteiger partial charge is 0.342 e. The van der Waals surface area contributed by atoms with Gasteiger partial charge in [-0.05, 0) is 29.7 Å². The van der Waals surface area contributed by atoms with Gasteiger partial charge in [-0.3, -0.25) is 4.79 Å². The highest BCUT2D eigenvalue weighted by Crippen LogP contribution is 2.35. The van der Waals surface area contributed by atoms with E-state index in [4.69, 9.17) is 0 Å². The lowest BCUT2D eigenvalue weighted by Crippen LogP contribution is -2.30. The number of likely N-dealkylation sites (N-methyl/N-ethyl adjacent to an activating group) is 1. The highest BCUT2D eigenvalue weighted by atomic mass is 19.1. The van der Waals surface area contributed by atoms with E-state index in [9.17, 15) is 9.18 Å². The van der Waals surface area contributed by atoms with Crippen LogP contribution in [0.15, 0.2) is 60.7 Å². The van der Waals surface area contributed by atoms with Crippen LogP contribution in [0.25, 0.3) is 6.08 Å². The van der Waals surface area contributed by atoms with Crippen molar-refractivity contribution in [3.63, 3.8) is 0 Å². The van der Waals surface area contributed by atoms with E-state index < -0.39 is 0 Å². The summed E-state index contributed by atoms with van der Waals surface area (Å²) in [5.74, 6) is 0.193. The van der Waals surface area contributed by atoms with Gasteiger partial charge in [-0.1, -0.05) is 54.6 Å². The van der Waals surface area contributed by atoms with Gasteiger partial charge in [0.25, 0.3) is 0 Å². The Morgan fingerprint density at radius 2 is 1.83 bits per heavy atom. The lowest BCUT2D eigenvalue weighted by atomic mass is 9.90. The van der Waals surface area contributed by atoms with Crippen molar-refractivity contribution in [3.05, 3.63) is 77.6 Å². The van der Waals surface area contributed by atoms with Gasteiger partial charge >= 0.3 is 0 Å². The molecule has 1 aliphatic rings. The van der Waals surface area contributed by atoms with Crippen LogP contribution in [0.3, 0.4) is 0 Å². The topological polar surface area (TPSA) is 20.3 Å². The molecule has 3 rings (SSSR count). The van der Waals surface area contributed by atoms with E-state index in [2.05, 4.69) is 18.2 Å². The second-order valence-electron chi connectivity index (χ2n) is 5.98. The SMILES string of the molecule is CN1C(=O)CC(c2ccccc2)C1C/C=C/c1ccc(F)cc1. The van der Waals surface area contributed by atoms with Gasteiger partial charge in [-0.25, -0.2) is 4.39 Å². The zero-order valence-electron chi connectivity index (χ0n) is 13.2. The summed E-state index contributed by atoms with van der Waals surface area (Å²) in [5.41, 5.74) is 2.18. The molecule has 0 aliphatic carbocycles.